The number of hydrogen-bond donors (Lipinski definition) is 2. The van der Waals surface area contributed by atoms with Crippen LogP contribution in [-0.4, -0.2) is 28.5 Å². The maximum Gasteiger partial charge on any atom is 0.235 e. The lowest BCUT2D eigenvalue weighted by Gasteiger charge is -2.20. The quantitative estimate of drug-likeness (QED) is 0.692. The Hall–Kier alpha value is -2.28. The van der Waals surface area contributed by atoms with Crippen molar-refractivity contribution < 1.29 is 14.1 Å². The van der Waals surface area contributed by atoms with E-state index in [9.17, 15) is 9.59 Å². The molecule has 0 bridgehead atoms. The number of aromatic nitrogens is 1. The van der Waals surface area contributed by atoms with Gasteiger partial charge in [-0.1, -0.05) is 51.1 Å². The van der Waals surface area contributed by atoms with E-state index in [0.29, 0.717) is 23.4 Å². The van der Waals surface area contributed by atoms with Crippen molar-refractivity contribution in [3.8, 4) is 0 Å². The van der Waals surface area contributed by atoms with Crippen LogP contribution in [0.5, 0.6) is 0 Å². The number of aryl methyl sites for hydroxylation is 1. The zero-order chi connectivity index (χ0) is 20.0. The summed E-state index contributed by atoms with van der Waals surface area (Å²) in [7, 11) is 0. The van der Waals surface area contributed by atoms with Gasteiger partial charge in [0.25, 0.3) is 0 Å². The van der Waals surface area contributed by atoms with E-state index in [0.717, 1.165) is 16.8 Å². The molecule has 0 aliphatic rings. The van der Waals surface area contributed by atoms with Gasteiger partial charge in [-0.3, -0.25) is 9.59 Å². The van der Waals surface area contributed by atoms with Crippen molar-refractivity contribution in [1.82, 2.24) is 5.16 Å². The lowest BCUT2D eigenvalue weighted by atomic mass is 9.92. The van der Waals surface area contributed by atoms with Gasteiger partial charge < -0.3 is 15.2 Å². The third kappa shape index (κ3) is 6.13. The van der Waals surface area contributed by atoms with E-state index in [1.165, 1.54) is 11.8 Å². The largest absolute Gasteiger partial charge is 0.360 e. The molecule has 1 heterocycles. The SMILES string of the molecule is Cc1cc(NC(=O)CSCC(=O)Nc2c(C(C)C)cccc2C(C)C)no1. The maximum atomic E-state index is 12.4. The third-order valence-electron chi connectivity index (χ3n) is 4.00. The summed E-state index contributed by atoms with van der Waals surface area (Å²) in [6.45, 7) is 10.2. The average Bonchev–Trinajstić information content (AvgIpc) is 2.99. The monoisotopic (exact) mass is 389 g/mol. The van der Waals surface area contributed by atoms with Crippen molar-refractivity contribution >= 4 is 35.1 Å². The molecule has 0 spiro atoms. The van der Waals surface area contributed by atoms with Crippen LogP contribution in [0.4, 0.5) is 11.5 Å². The van der Waals surface area contributed by atoms with Gasteiger partial charge in [0.2, 0.25) is 11.8 Å². The minimum Gasteiger partial charge on any atom is -0.360 e. The molecule has 7 heteroatoms. The van der Waals surface area contributed by atoms with Crippen LogP contribution in [-0.2, 0) is 9.59 Å². The summed E-state index contributed by atoms with van der Waals surface area (Å²) >= 11 is 1.26. The van der Waals surface area contributed by atoms with Gasteiger partial charge in [0.15, 0.2) is 5.82 Å². The molecule has 2 rings (SSSR count). The Balaban J connectivity index is 1.91. The molecule has 27 heavy (non-hydrogen) atoms. The molecule has 0 saturated carbocycles. The molecular weight excluding hydrogens is 362 g/mol. The lowest BCUT2D eigenvalue weighted by molar-refractivity contribution is -0.114. The summed E-state index contributed by atoms with van der Waals surface area (Å²) in [5.74, 6) is 1.67. The standard InChI is InChI=1S/C20H27N3O3S/c1-12(2)15-7-6-8-16(13(3)4)20(15)22-19(25)11-27-10-18(24)21-17-9-14(5)26-23-17/h6-9,12-13H,10-11H2,1-5H3,(H,22,25)(H,21,23,24). The molecule has 0 unspecified atom stereocenters. The van der Waals surface area contributed by atoms with Gasteiger partial charge in [-0.2, -0.15) is 0 Å². The fourth-order valence-electron chi connectivity index (χ4n) is 2.71. The number of rotatable bonds is 8. The van der Waals surface area contributed by atoms with E-state index < -0.39 is 0 Å². The summed E-state index contributed by atoms with van der Waals surface area (Å²) in [6.07, 6.45) is 0. The lowest BCUT2D eigenvalue weighted by Crippen LogP contribution is -2.20. The van der Waals surface area contributed by atoms with Gasteiger partial charge in [0.05, 0.1) is 11.5 Å². The van der Waals surface area contributed by atoms with Gasteiger partial charge in [-0.15, -0.1) is 11.8 Å². The number of amides is 2. The van der Waals surface area contributed by atoms with Crippen LogP contribution >= 0.6 is 11.8 Å². The number of hydrogen-bond acceptors (Lipinski definition) is 5. The van der Waals surface area contributed by atoms with Crippen molar-refractivity contribution in [3.05, 3.63) is 41.2 Å². The summed E-state index contributed by atoms with van der Waals surface area (Å²) in [5, 5.41) is 9.40. The Bertz CT molecular complexity index is 773. The molecular formula is C20H27N3O3S. The van der Waals surface area contributed by atoms with Crippen LogP contribution in [0.2, 0.25) is 0 Å². The number of para-hydroxylation sites is 1. The Kier molecular flexibility index (Phi) is 7.47. The van der Waals surface area contributed by atoms with Crippen LogP contribution in [0.25, 0.3) is 0 Å². The first-order chi connectivity index (χ1) is 12.8. The first-order valence-electron chi connectivity index (χ1n) is 9.01. The molecule has 1 aromatic heterocycles. The van der Waals surface area contributed by atoms with E-state index >= 15 is 0 Å². The zero-order valence-corrected chi connectivity index (χ0v) is 17.3. The molecule has 146 valence electrons. The molecule has 0 radical (unpaired) electrons. The molecule has 2 N–H and O–H groups in total. The molecule has 0 aliphatic heterocycles. The van der Waals surface area contributed by atoms with Gasteiger partial charge in [-0.25, -0.2) is 0 Å². The van der Waals surface area contributed by atoms with Gasteiger partial charge in [-0.05, 0) is 29.9 Å². The number of thioether (sulfide) groups is 1. The topological polar surface area (TPSA) is 84.2 Å². The summed E-state index contributed by atoms with van der Waals surface area (Å²) < 4.78 is 4.90. The van der Waals surface area contributed by atoms with Crippen LogP contribution in [0.15, 0.2) is 28.8 Å². The second-order valence-electron chi connectivity index (χ2n) is 7.03. The predicted octanol–water partition coefficient (Wildman–Crippen LogP) is 4.54. The van der Waals surface area contributed by atoms with E-state index in [4.69, 9.17) is 4.52 Å². The Morgan fingerprint density at radius 1 is 1.04 bits per heavy atom. The molecule has 0 saturated heterocycles. The van der Waals surface area contributed by atoms with Crippen molar-refractivity contribution in [2.45, 2.75) is 46.5 Å². The summed E-state index contributed by atoms with van der Waals surface area (Å²) in [4.78, 5) is 24.3. The van der Waals surface area contributed by atoms with E-state index in [1.807, 2.05) is 18.2 Å². The molecule has 0 atom stereocenters. The zero-order valence-electron chi connectivity index (χ0n) is 16.5. The number of benzene rings is 1. The number of nitrogens with one attached hydrogen (secondary N) is 2. The van der Waals surface area contributed by atoms with Gasteiger partial charge in [0.1, 0.15) is 5.76 Å². The number of carbonyl (C=O) groups excluding carboxylic acids is 2. The third-order valence-corrected chi connectivity index (χ3v) is 4.93. The van der Waals surface area contributed by atoms with Crippen molar-refractivity contribution in [2.75, 3.05) is 22.1 Å². The highest BCUT2D eigenvalue weighted by molar-refractivity contribution is 8.00. The molecule has 6 nitrogen and oxygen atoms in total. The Morgan fingerprint density at radius 2 is 1.59 bits per heavy atom. The Morgan fingerprint density at radius 3 is 2.07 bits per heavy atom. The molecule has 2 aromatic rings. The van der Waals surface area contributed by atoms with Crippen LogP contribution < -0.4 is 10.6 Å². The van der Waals surface area contributed by atoms with Gasteiger partial charge in [0, 0.05) is 11.8 Å². The second kappa shape index (κ2) is 9.60. The molecule has 1 aromatic carbocycles. The minimum absolute atomic E-state index is 0.111. The number of nitrogens with zero attached hydrogens (tertiary/aromatic N) is 1. The highest BCUT2D eigenvalue weighted by Crippen LogP contribution is 2.32. The average molecular weight is 390 g/mol. The molecule has 0 fully saturated rings. The minimum atomic E-state index is -0.216. The number of carbonyl (C=O) groups is 2. The van der Waals surface area contributed by atoms with Crippen LogP contribution in [0.3, 0.4) is 0 Å². The smallest absolute Gasteiger partial charge is 0.235 e. The first-order valence-corrected chi connectivity index (χ1v) is 10.2. The van der Waals surface area contributed by atoms with Crippen molar-refractivity contribution in [3.63, 3.8) is 0 Å². The maximum absolute atomic E-state index is 12.4. The van der Waals surface area contributed by atoms with E-state index in [1.54, 1.807) is 13.0 Å². The highest BCUT2D eigenvalue weighted by atomic mass is 32.2. The molecule has 0 aliphatic carbocycles. The van der Waals surface area contributed by atoms with Crippen molar-refractivity contribution in [1.29, 1.82) is 0 Å². The first kappa shape index (κ1) is 21.0. The van der Waals surface area contributed by atoms with E-state index in [-0.39, 0.29) is 23.3 Å². The Labute approximate surface area is 164 Å². The van der Waals surface area contributed by atoms with Crippen LogP contribution in [0, 0.1) is 6.92 Å². The van der Waals surface area contributed by atoms with Crippen LogP contribution in [0.1, 0.15) is 56.4 Å². The van der Waals surface area contributed by atoms with E-state index in [2.05, 4.69) is 43.5 Å². The second-order valence-corrected chi connectivity index (χ2v) is 8.02. The fraction of sp³-hybridized carbons (Fsp3) is 0.450. The number of anilines is 2. The molecule has 2 amide bonds. The summed E-state index contributed by atoms with van der Waals surface area (Å²) in [5.41, 5.74) is 3.15. The normalized spacial score (nSPS) is 11.1. The fourth-order valence-corrected chi connectivity index (χ4v) is 3.33. The summed E-state index contributed by atoms with van der Waals surface area (Å²) in [6, 6.07) is 7.77. The predicted molar refractivity (Wildman–Crippen MR) is 110 cm³/mol. The highest BCUT2D eigenvalue weighted by Gasteiger charge is 2.16. The van der Waals surface area contributed by atoms with Crippen molar-refractivity contribution in [2.24, 2.45) is 0 Å². The van der Waals surface area contributed by atoms with Gasteiger partial charge >= 0.3 is 0 Å².